The maximum atomic E-state index is 12.5. The number of halogens is 1. The SMILES string of the molecule is COC(=O)c1c(NC(=O)COc2ccccc2Cl)sc2c1CC[C@@H](c1ccccc1)C2. The second-order valence-corrected chi connectivity index (χ2v) is 8.83. The normalized spacial score (nSPS) is 15.1. The molecule has 0 spiro atoms. The Labute approximate surface area is 190 Å². The lowest BCUT2D eigenvalue weighted by Gasteiger charge is -2.22. The Kier molecular flexibility index (Phi) is 6.59. The van der Waals surface area contributed by atoms with Gasteiger partial charge in [-0.2, -0.15) is 0 Å². The molecule has 0 fully saturated rings. The molecule has 0 saturated carbocycles. The Morgan fingerprint density at radius 1 is 1.13 bits per heavy atom. The number of rotatable bonds is 6. The first-order valence-electron chi connectivity index (χ1n) is 10.0. The maximum Gasteiger partial charge on any atom is 0.341 e. The molecule has 1 aliphatic carbocycles. The molecular formula is C24H22ClNO4S. The first-order valence-corrected chi connectivity index (χ1v) is 11.2. The van der Waals surface area contributed by atoms with Crippen molar-refractivity contribution in [2.24, 2.45) is 0 Å². The zero-order valence-corrected chi connectivity index (χ0v) is 18.6. The van der Waals surface area contributed by atoms with Gasteiger partial charge < -0.3 is 14.8 Å². The zero-order valence-electron chi connectivity index (χ0n) is 17.0. The number of hydrogen-bond donors (Lipinski definition) is 1. The minimum Gasteiger partial charge on any atom is -0.482 e. The van der Waals surface area contributed by atoms with Crippen molar-refractivity contribution in [3.63, 3.8) is 0 Å². The highest BCUT2D eigenvalue weighted by Crippen LogP contribution is 2.42. The van der Waals surface area contributed by atoms with Gasteiger partial charge in [0.05, 0.1) is 17.7 Å². The molecular weight excluding hydrogens is 434 g/mol. The molecule has 3 aromatic rings. The Balaban J connectivity index is 1.52. The Morgan fingerprint density at radius 3 is 2.61 bits per heavy atom. The van der Waals surface area contributed by atoms with Crippen LogP contribution in [0.2, 0.25) is 5.02 Å². The van der Waals surface area contributed by atoms with E-state index in [1.807, 2.05) is 18.2 Å². The van der Waals surface area contributed by atoms with Gasteiger partial charge >= 0.3 is 5.97 Å². The van der Waals surface area contributed by atoms with Gasteiger partial charge in [-0.25, -0.2) is 4.79 Å². The molecule has 0 radical (unpaired) electrons. The van der Waals surface area contributed by atoms with Crippen LogP contribution in [0.5, 0.6) is 5.75 Å². The summed E-state index contributed by atoms with van der Waals surface area (Å²) >= 11 is 7.51. The smallest absolute Gasteiger partial charge is 0.341 e. The number of hydrogen-bond acceptors (Lipinski definition) is 5. The molecule has 0 bridgehead atoms. The average molecular weight is 456 g/mol. The summed E-state index contributed by atoms with van der Waals surface area (Å²) in [5.41, 5.74) is 2.73. The quantitative estimate of drug-likeness (QED) is 0.500. The third kappa shape index (κ3) is 4.75. The first kappa shape index (κ1) is 21.4. The third-order valence-corrected chi connectivity index (χ3v) is 6.86. The highest BCUT2D eigenvalue weighted by atomic mass is 35.5. The monoisotopic (exact) mass is 455 g/mol. The van der Waals surface area contributed by atoms with E-state index in [4.69, 9.17) is 21.1 Å². The predicted octanol–water partition coefficient (Wildman–Crippen LogP) is 5.48. The summed E-state index contributed by atoms with van der Waals surface area (Å²) < 4.78 is 10.5. The van der Waals surface area contributed by atoms with E-state index in [9.17, 15) is 9.59 Å². The maximum absolute atomic E-state index is 12.5. The highest BCUT2D eigenvalue weighted by Gasteiger charge is 2.30. The van der Waals surface area contributed by atoms with Crippen molar-refractivity contribution in [1.29, 1.82) is 0 Å². The number of esters is 1. The minimum absolute atomic E-state index is 0.209. The molecule has 1 amide bonds. The number of fused-ring (bicyclic) bond motifs is 1. The van der Waals surface area contributed by atoms with Crippen molar-refractivity contribution in [2.45, 2.75) is 25.2 Å². The van der Waals surface area contributed by atoms with Gasteiger partial charge in [0.15, 0.2) is 6.61 Å². The van der Waals surface area contributed by atoms with Crippen LogP contribution >= 0.6 is 22.9 Å². The fourth-order valence-electron chi connectivity index (χ4n) is 3.87. The first-order chi connectivity index (χ1) is 15.1. The number of ether oxygens (including phenoxy) is 2. The lowest BCUT2D eigenvalue weighted by molar-refractivity contribution is -0.118. The number of para-hydroxylation sites is 1. The van der Waals surface area contributed by atoms with Crippen LogP contribution in [0.4, 0.5) is 5.00 Å². The van der Waals surface area contributed by atoms with Crippen molar-refractivity contribution in [1.82, 2.24) is 0 Å². The molecule has 0 aliphatic heterocycles. The number of anilines is 1. The third-order valence-electron chi connectivity index (χ3n) is 5.37. The van der Waals surface area contributed by atoms with Gasteiger partial charge in [-0.05, 0) is 48.4 Å². The Bertz CT molecular complexity index is 1100. The van der Waals surface area contributed by atoms with Crippen LogP contribution in [0.3, 0.4) is 0 Å². The van der Waals surface area contributed by atoms with E-state index in [2.05, 4.69) is 17.4 Å². The lowest BCUT2D eigenvalue weighted by atomic mass is 9.83. The van der Waals surface area contributed by atoms with E-state index >= 15 is 0 Å². The van der Waals surface area contributed by atoms with Crippen LogP contribution < -0.4 is 10.1 Å². The van der Waals surface area contributed by atoms with Crippen LogP contribution in [0.1, 0.15) is 38.7 Å². The molecule has 1 aliphatic rings. The predicted molar refractivity (Wildman–Crippen MR) is 122 cm³/mol. The molecule has 0 unspecified atom stereocenters. The second-order valence-electron chi connectivity index (χ2n) is 7.32. The zero-order chi connectivity index (χ0) is 21.8. The van der Waals surface area contributed by atoms with Crippen LogP contribution in [-0.2, 0) is 22.4 Å². The molecule has 1 heterocycles. The Morgan fingerprint density at radius 2 is 1.87 bits per heavy atom. The van der Waals surface area contributed by atoms with Gasteiger partial charge in [-0.15, -0.1) is 11.3 Å². The molecule has 1 aromatic heterocycles. The van der Waals surface area contributed by atoms with E-state index < -0.39 is 5.97 Å². The fourth-order valence-corrected chi connectivity index (χ4v) is 5.39. The van der Waals surface area contributed by atoms with Crippen molar-refractivity contribution in [3.05, 3.63) is 81.2 Å². The number of carbonyl (C=O) groups is 2. The van der Waals surface area contributed by atoms with E-state index in [1.165, 1.54) is 24.0 Å². The van der Waals surface area contributed by atoms with Gasteiger partial charge in [0, 0.05) is 4.88 Å². The van der Waals surface area contributed by atoms with E-state index in [0.717, 1.165) is 29.7 Å². The van der Waals surface area contributed by atoms with E-state index in [1.54, 1.807) is 24.3 Å². The molecule has 7 heteroatoms. The van der Waals surface area contributed by atoms with Crippen molar-refractivity contribution >= 4 is 39.8 Å². The molecule has 1 N–H and O–H groups in total. The molecule has 2 aromatic carbocycles. The number of thiophene rings is 1. The summed E-state index contributed by atoms with van der Waals surface area (Å²) in [5, 5.41) is 3.78. The number of amides is 1. The van der Waals surface area contributed by atoms with Crippen LogP contribution in [-0.4, -0.2) is 25.6 Å². The summed E-state index contributed by atoms with van der Waals surface area (Å²) in [5.74, 6) is 0.0369. The average Bonchev–Trinajstić information content (AvgIpc) is 3.15. The van der Waals surface area contributed by atoms with Gasteiger partial charge in [0.25, 0.3) is 5.91 Å². The topological polar surface area (TPSA) is 64.6 Å². The van der Waals surface area contributed by atoms with Crippen molar-refractivity contribution < 1.29 is 19.1 Å². The van der Waals surface area contributed by atoms with Gasteiger partial charge in [-0.1, -0.05) is 54.1 Å². The highest BCUT2D eigenvalue weighted by molar-refractivity contribution is 7.17. The molecule has 4 rings (SSSR count). The second kappa shape index (κ2) is 9.54. The van der Waals surface area contributed by atoms with Gasteiger partial charge in [0.2, 0.25) is 0 Å². The number of methoxy groups -OCH3 is 1. The largest absolute Gasteiger partial charge is 0.482 e. The minimum atomic E-state index is -0.432. The summed E-state index contributed by atoms with van der Waals surface area (Å²) in [7, 11) is 1.36. The van der Waals surface area contributed by atoms with Crippen molar-refractivity contribution in [3.8, 4) is 5.75 Å². The van der Waals surface area contributed by atoms with Crippen LogP contribution in [0, 0.1) is 0 Å². The van der Waals surface area contributed by atoms with E-state index in [0.29, 0.717) is 27.3 Å². The van der Waals surface area contributed by atoms with Gasteiger partial charge in [-0.3, -0.25) is 4.79 Å². The fraction of sp³-hybridized carbons (Fsp3) is 0.250. The number of carbonyl (C=O) groups excluding carboxylic acids is 2. The molecule has 0 saturated heterocycles. The Hall–Kier alpha value is -2.83. The van der Waals surface area contributed by atoms with Crippen molar-refractivity contribution in [2.75, 3.05) is 19.0 Å². The number of benzene rings is 2. The van der Waals surface area contributed by atoms with Gasteiger partial charge in [0.1, 0.15) is 10.8 Å². The lowest BCUT2D eigenvalue weighted by Crippen LogP contribution is -2.21. The summed E-state index contributed by atoms with van der Waals surface area (Å²) in [6, 6.07) is 17.3. The molecule has 5 nitrogen and oxygen atoms in total. The summed E-state index contributed by atoms with van der Waals surface area (Å²) in [6.07, 6.45) is 2.54. The molecule has 31 heavy (non-hydrogen) atoms. The summed E-state index contributed by atoms with van der Waals surface area (Å²) in [4.78, 5) is 26.2. The summed E-state index contributed by atoms with van der Waals surface area (Å²) in [6.45, 7) is -0.209. The number of nitrogens with one attached hydrogen (secondary N) is 1. The standard InChI is InChI=1S/C24H22ClNO4S/c1-29-24(28)22-17-12-11-16(15-7-3-2-4-8-15)13-20(17)31-23(22)26-21(27)14-30-19-10-6-5-9-18(19)25/h2-10,16H,11-14H2,1H3,(H,26,27)/t16-/m1/s1. The molecule has 1 atom stereocenters. The van der Waals surface area contributed by atoms with E-state index in [-0.39, 0.29) is 12.5 Å². The van der Waals surface area contributed by atoms with Crippen LogP contribution in [0.15, 0.2) is 54.6 Å². The van der Waals surface area contributed by atoms with Crippen LogP contribution in [0.25, 0.3) is 0 Å². The molecule has 160 valence electrons.